The van der Waals surface area contributed by atoms with Crippen LogP contribution in [-0.2, 0) is 4.79 Å². The van der Waals surface area contributed by atoms with Gasteiger partial charge < -0.3 is 10.6 Å². The van der Waals surface area contributed by atoms with Crippen LogP contribution in [0.25, 0.3) is 0 Å². The van der Waals surface area contributed by atoms with Crippen LogP contribution in [-0.4, -0.2) is 41.8 Å². The molecule has 1 saturated heterocycles. The highest BCUT2D eigenvalue weighted by molar-refractivity contribution is 5.85. The molecule has 142 valence electrons. The summed E-state index contributed by atoms with van der Waals surface area (Å²) in [5.41, 5.74) is 1.31. The topological polar surface area (TPSA) is 46.3 Å². The Kier molecular flexibility index (Phi) is 5.83. The molecule has 0 aromatic heterocycles. The quantitative estimate of drug-likeness (QED) is 0.703. The van der Waals surface area contributed by atoms with Crippen molar-refractivity contribution in [1.82, 2.24) is 4.90 Å². The highest BCUT2D eigenvalue weighted by Gasteiger charge is 2.73. The lowest BCUT2D eigenvalue weighted by atomic mass is 9.74. The number of carbonyl (C=O) groups excluding carboxylic acids is 1. The lowest BCUT2D eigenvalue weighted by Crippen LogP contribution is -2.55. The zero-order valence-corrected chi connectivity index (χ0v) is 14.0. The second kappa shape index (κ2) is 6.55. The summed E-state index contributed by atoms with van der Waals surface area (Å²) in [5.74, 6) is -1.42. The standard InChI is InChI=1S/C14H20F6N2O.ClH/c1-11(21)5-3-2-4-9(11)10(23)22-7-6-12(8-22,13(15,16)17)14(18,19)20;/h9H,2-8,21H2,1H3;1H. The molecule has 3 nitrogen and oxygen atoms in total. The van der Waals surface area contributed by atoms with Gasteiger partial charge >= 0.3 is 12.4 Å². The fourth-order valence-electron chi connectivity index (χ4n) is 3.61. The van der Waals surface area contributed by atoms with E-state index in [0.29, 0.717) is 24.2 Å². The molecule has 24 heavy (non-hydrogen) atoms. The van der Waals surface area contributed by atoms with Crippen LogP contribution in [0, 0.1) is 11.3 Å². The fraction of sp³-hybridized carbons (Fsp3) is 0.929. The van der Waals surface area contributed by atoms with Crippen molar-refractivity contribution in [2.24, 2.45) is 17.1 Å². The van der Waals surface area contributed by atoms with Crippen molar-refractivity contribution in [2.45, 2.75) is 56.9 Å². The molecular formula is C14H21ClF6N2O. The van der Waals surface area contributed by atoms with E-state index >= 15 is 0 Å². The van der Waals surface area contributed by atoms with Crippen molar-refractivity contribution in [2.75, 3.05) is 13.1 Å². The Hall–Kier alpha value is -0.700. The van der Waals surface area contributed by atoms with Gasteiger partial charge in [0.1, 0.15) is 0 Å². The van der Waals surface area contributed by atoms with Crippen molar-refractivity contribution in [1.29, 1.82) is 0 Å². The molecule has 1 saturated carbocycles. The average molecular weight is 383 g/mol. The van der Waals surface area contributed by atoms with E-state index < -0.39 is 54.6 Å². The number of alkyl halides is 6. The summed E-state index contributed by atoms with van der Waals surface area (Å²) in [6, 6.07) is 0. The predicted molar refractivity (Wildman–Crippen MR) is 77.5 cm³/mol. The molecule has 10 heteroatoms. The highest BCUT2D eigenvalue weighted by atomic mass is 35.5. The van der Waals surface area contributed by atoms with Gasteiger partial charge in [0.25, 0.3) is 0 Å². The van der Waals surface area contributed by atoms with Gasteiger partial charge in [0.2, 0.25) is 5.91 Å². The molecule has 1 amide bonds. The van der Waals surface area contributed by atoms with E-state index in [1.165, 1.54) is 0 Å². The number of halogens is 7. The summed E-state index contributed by atoms with van der Waals surface area (Å²) < 4.78 is 78.4. The van der Waals surface area contributed by atoms with Crippen LogP contribution in [0.4, 0.5) is 26.3 Å². The number of nitrogens with zero attached hydrogens (tertiary/aromatic N) is 1. The molecule has 0 radical (unpaired) electrons. The van der Waals surface area contributed by atoms with Gasteiger partial charge in [-0.05, 0) is 26.2 Å². The summed E-state index contributed by atoms with van der Waals surface area (Å²) in [6.45, 7) is -0.290. The first kappa shape index (κ1) is 21.3. The highest BCUT2D eigenvalue weighted by Crippen LogP contribution is 2.55. The summed E-state index contributed by atoms with van der Waals surface area (Å²) in [7, 11) is 0. The minimum atomic E-state index is -5.45. The van der Waals surface area contributed by atoms with Gasteiger partial charge in [-0.25, -0.2) is 0 Å². The van der Waals surface area contributed by atoms with Crippen LogP contribution in [0.2, 0.25) is 0 Å². The second-order valence-electron chi connectivity index (χ2n) is 6.89. The number of hydrogen-bond acceptors (Lipinski definition) is 2. The van der Waals surface area contributed by atoms with Crippen LogP contribution < -0.4 is 5.73 Å². The normalized spacial score (nSPS) is 30.8. The first-order valence-electron chi connectivity index (χ1n) is 7.53. The number of carbonyl (C=O) groups is 1. The molecule has 0 bridgehead atoms. The Balaban J connectivity index is 0.00000288. The molecule has 1 aliphatic carbocycles. The third-order valence-corrected chi connectivity index (χ3v) is 5.22. The SMILES string of the molecule is CC1(N)CCCCC1C(=O)N1CCC(C(F)(F)F)(C(F)(F)F)C1.Cl. The van der Waals surface area contributed by atoms with Crippen LogP contribution in [0.3, 0.4) is 0 Å². The molecule has 2 rings (SSSR count). The van der Waals surface area contributed by atoms with Gasteiger partial charge in [-0.2, -0.15) is 26.3 Å². The maximum absolute atomic E-state index is 13.1. The molecule has 0 aromatic rings. The van der Waals surface area contributed by atoms with E-state index in [1.807, 2.05) is 0 Å². The first-order valence-corrected chi connectivity index (χ1v) is 7.53. The van der Waals surface area contributed by atoms with Crippen LogP contribution in [0.5, 0.6) is 0 Å². The molecule has 0 spiro atoms. The van der Waals surface area contributed by atoms with Crippen molar-refractivity contribution in [3.8, 4) is 0 Å². The minimum Gasteiger partial charge on any atom is -0.341 e. The smallest absolute Gasteiger partial charge is 0.341 e. The maximum Gasteiger partial charge on any atom is 0.404 e. The van der Waals surface area contributed by atoms with E-state index in [-0.39, 0.29) is 12.4 Å². The third kappa shape index (κ3) is 3.47. The predicted octanol–water partition coefficient (Wildman–Crippen LogP) is 3.66. The number of hydrogen-bond donors (Lipinski definition) is 1. The van der Waals surface area contributed by atoms with Gasteiger partial charge in [0.15, 0.2) is 5.41 Å². The number of amides is 1. The van der Waals surface area contributed by atoms with E-state index in [1.54, 1.807) is 6.92 Å². The van der Waals surface area contributed by atoms with Gasteiger partial charge in [-0.15, -0.1) is 12.4 Å². The van der Waals surface area contributed by atoms with Crippen LogP contribution in [0.1, 0.15) is 39.0 Å². The average Bonchev–Trinajstić information content (AvgIpc) is 2.82. The lowest BCUT2D eigenvalue weighted by molar-refractivity contribution is -0.334. The van der Waals surface area contributed by atoms with Gasteiger partial charge in [0.05, 0.1) is 5.92 Å². The number of likely N-dealkylation sites (tertiary alicyclic amines) is 1. The molecular weight excluding hydrogens is 362 g/mol. The minimum absolute atomic E-state index is 0. The van der Waals surface area contributed by atoms with Crippen LogP contribution in [0.15, 0.2) is 0 Å². The molecule has 0 aromatic carbocycles. The lowest BCUT2D eigenvalue weighted by Gasteiger charge is -2.40. The maximum atomic E-state index is 13.1. The Morgan fingerprint density at radius 1 is 1.08 bits per heavy atom. The zero-order chi connectivity index (χ0) is 17.7. The van der Waals surface area contributed by atoms with E-state index in [2.05, 4.69) is 0 Å². The fourth-order valence-corrected chi connectivity index (χ4v) is 3.61. The molecule has 1 heterocycles. The second-order valence-corrected chi connectivity index (χ2v) is 6.89. The summed E-state index contributed by atoms with van der Waals surface area (Å²) in [5, 5.41) is 0. The van der Waals surface area contributed by atoms with E-state index in [0.717, 1.165) is 6.42 Å². The van der Waals surface area contributed by atoms with Crippen molar-refractivity contribution >= 4 is 18.3 Å². The third-order valence-electron chi connectivity index (χ3n) is 5.22. The van der Waals surface area contributed by atoms with Gasteiger partial charge in [-0.1, -0.05) is 12.8 Å². The molecule has 1 aliphatic heterocycles. The van der Waals surface area contributed by atoms with E-state index in [4.69, 9.17) is 5.73 Å². The number of nitrogens with two attached hydrogens (primary N) is 1. The van der Waals surface area contributed by atoms with Crippen LogP contribution >= 0.6 is 12.4 Å². The summed E-state index contributed by atoms with van der Waals surface area (Å²) in [6.07, 6.45) is -9.63. The monoisotopic (exact) mass is 382 g/mol. The molecule has 2 aliphatic rings. The Bertz CT molecular complexity index is 463. The number of rotatable bonds is 1. The Labute approximate surface area is 142 Å². The molecule has 2 atom stereocenters. The molecule has 2 unspecified atom stereocenters. The molecule has 2 fully saturated rings. The van der Waals surface area contributed by atoms with Crippen molar-refractivity contribution in [3.05, 3.63) is 0 Å². The summed E-state index contributed by atoms with van der Waals surface area (Å²) in [4.78, 5) is 13.2. The first-order chi connectivity index (χ1) is 10.3. The Morgan fingerprint density at radius 2 is 1.62 bits per heavy atom. The summed E-state index contributed by atoms with van der Waals surface area (Å²) >= 11 is 0. The van der Waals surface area contributed by atoms with E-state index in [9.17, 15) is 31.1 Å². The largest absolute Gasteiger partial charge is 0.404 e. The molecule has 2 N–H and O–H groups in total. The Morgan fingerprint density at radius 3 is 2.04 bits per heavy atom. The van der Waals surface area contributed by atoms with Crippen molar-refractivity contribution < 1.29 is 31.1 Å². The van der Waals surface area contributed by atoms with Gasteiger partial charge in [-0.3, -0.25) is 4.79 Å². The van der Waals surface area contributed by atoms with Crippen molar-refractivity contribution in [3.63, 3.8) is 0 Å². The van der Waals surface area contributed by atoms with Gasteiger partial charge in [0, 0.05) is 18.6 Å². The zero-order valence-electron chi connectivity index (χ0n) is 13.1.